The zero-order valence-corrected chi connectivity index (χ0v) is 14.7. The summed E-state index contributed by atoms with van der Waals surface area (Å²) in [7, 11) is 1.52. The SMILES string of the molecule is CCOc1ccc(C(CC(=O)[O-])N2Cc3ccccc3C2=O)cc1OC. The van der Waals surface area contributed by atoms with Crippen LogP contribution in [0.5, 0.6) is 11.5 Å². The molecule has 6 nitrogen and oxygen atoms in total. The molecule has 2 aromatic carbocycles. The summed E-state index contributed by atoms with van der Waals surface area (Å²) in [4.78, 5) is 25.7. The molecule has 0 bridgehead atoms. The number of fused-ring (bicyclic) bond motifs is 1. The van der Waals surface area contributed by atoms with E-state index >= 15 is 0 Å². The van der Waals surface area contributed by atoms with Crippen LogP contribution in [0.1, 0.15) is 40.9 Å². The lowest BCUT2D eigenvalue weighted by molar-refractivity contribution is -0.306. The molecule has 1 heterocycles. The summed E-state index contributed by atoms with van der Waals surface area (Å²) >= 11 is 0. The summed E-state index contributed by atoms with van der Waals surface area (Å²) in [6.07, 6.45) is -0.295. The normalized spacial score (nSPS) is 14.1. The van der Waals surface area contributed by atoms with Crippen molar-refractivity contribution >= 4 is 11.9 Å². The van der Waals surface area contributed by atoms with Crippen LogP contribution in [0.2, 0.25) is 0 Å². The largest absolute Gasteiger partial charge is 0.550 e. The predicted octanol–water partition coefficient (Wildman–Crippen LogP) is 1.93. The molecule has 0 fully saturated rings. The van der Waals surface area contributed by atoms with Crippen LogP contribution in [0.4, 0.5) is 0 Å². The van der Waals surface area contributed by atoms with Gasteiger partial charge in [-0.3, -0.25) is 4.79 Å². The van der Waals surface area contributed by atoms with Crippen molar-refractivity contribution in [3.05, 3.63) is 59.2 Å². The number of hydrogen-bond acceptors (Lipinski definition) is 5. The maximum absolute atomic E-state index is 12.8. The van der Waals surface area contributed by atoms with Gasteiger partial charge in [-0.1, -0.05) is 24.3 Å². The molecular formula is C20H20NO5-. The van der Waals surface area contributed by atoms with Crippen LogP contribution in [0, 0.1) is 0 Å². The third kappa shape index (κ3) is 3.35. The van der Waals surface area contributed by atoms with Gasteiger partial charge in [-0.2, -0.15) is 0 Å². The Morgan fingerprint density at radius 2 is 2.00 bits per heavy atom. The number of nitrogens with zero attached hydrogens (tertiary/aromatic N) is 1. The second-order valence-corrected chi connectivity index (χ2v) is 6.03. The van der Waals surface area contributed by atoms with E-state index in [9.17, 15) is 14.7 Å². The van der Waals surface area contributed by atoms with E-state index in [0.29, 0.717) is 35.8 Å². The second kappa shape index (κ2) is 7.47. The highest BCUT2D eigenvalue weighted by molar-refractivity contribution is 5.98. The molecule has 6 heteroatoms. The topological polar surface area (TPSA) is 78.9 Å². The van der Waals surface area contributed by atoms with E-state index in [4.69, 9.17) is 9.47 Å². The van der Waals surface area contributed by atoms with Crippen LogP contribution < -0.4 is 14.6 Å². The fourth-order valence-corrected chi connectivity index (χ4v) is 3.26. The van der Waals surface area contributed by atoms with Gasteiger partial charge < -0.3 is 24.3 Å². The first-order valence-corrected chi connectivity index (χ1v) is 8.44. The Morgan fingerprint density at radius 1 is 1.23 bits per heavy atom. The monoisotopic (exact) mass is 354 g/mol. The molecule has 0 aromatic heterocycles. The number of hydrogen-bond donors (Lipinski definition) is 0. The number of carboxylic acid groups (broad SMARTS) is 1. The first-order valence-electron chi connectivity index (χ1n) is 8.44. The Balaban J connectivity index is 1.97. The summed E-state index contributed by atoms with van der Waals surface area (Å²) < 4.78 is 10.9. The standard InChI is InChI=1S/C20H21NO5/c1-3-26-17-9-8-13(10-18(17)25-2)16(11-19(22)23)21-12-14-6-4-5-7-15(14)20(21)24/h4-10,16H,3,11-12H2,1-2H3,(H,22,23)/p-1. The number of rotatable bonds is 7. The maximum atomic E-state index is 12.8. The average molecular weight is 354 g/mol. The predicted molar refractivity (Wildman–Crippen MR) is 92.8 cm³/mol. The van der Waals surface area contributed by atoms with Gasteiger partial charge in [-0.15, -0.1) is 0 Å². The van der Waals surface area contributed by atoms with Gasteiger partial charge in [0.1, 0.15) is 0 Å². The number of amides is 1. The number of benzene rings is 2. The molecule has 1 aliphatic rings. The van der Waals surface area contributed by atoms with E-state index < -0.39 is 12.0 Å². The van der Waals surface area contributed by atoms with Crippen molar-refractivity contribution in [2.45, 2.75) is 25.9 Å². The van der Waals surface area contributed by atoms with Crippen molar-refractivity contribution in [2.24, 2.45) is 0 Å². The zero-order valence-electron chi connectivity index (χ0n) is 14.7. The van der Waals surface area contributed by atoms with Crippen LogP contribution in [0.15, 0.2) is 42.5 Å². The van der Waals surface area contributed by atoms with Crippen LogP contribution in [-0.4, -0.2) is 30.5 Å². The molecule has 1 amide bonds. The highest BCUT2D eigenvalue weighted by atomic mass is 16.5. The molecule has 3 rings (SSSR count). The highest BCUT2D eigenvalue weighted by Crippen LogP contribution is 2.37. The number of methoxy groups -OCH3 is 1. The van der Waals surface area contributed by atoms with Crippen molar-refractivity contribution in [1.29, 1.82) is 0 Å². The molecule has 0 saturated heterocycles. The first-order chi connectivity index (χ1) is 12.5. The van der Waals surface area contributed by atoms with Gasteiger partial charge in [0.2, 0.25) is 0 Å². The van der Waals surface area contributed by atoms with Crippen molar-refractivity contribution in [3.63, 3.8) is 0 Å². The Labute approximate surface area is 152 Å². The summed E-state index contributed by atoms with van der Waals surface area (Å²) in [6.45, 7) is 2.72. The van der Waals surface area contributed by atoms with E-state index in [1.54, 1.807) is 35.2 Å². The lowest BCUT2D eigenvalue weighted by atomic mass is 10.0. The average Bonchev–Trinajstić information content (AvgIpc) is 2.97. The maximum Gasteiger partial charge on any atom is 0.255 e. The van der Waals surface area contributed by atoms with Gasteiger partial charge in [0, 0.05) is 24.5 Å². The minimum atomic E-state index is -1.22. The smallest absolute Gasteiger partial charge is 0.255 e. The van der Waals surface area contributed by atoms with Gasteiger partial charge >= 0.3 is 0 Å². The Hall–Kier alpha value is -3.02. The van der Waals surface area contributed by atoms with E-state index in [-0.39, 0.29) is 12.3 Å². The van der Waals surface area contributed by atoms with Crippen molar-refractivity contribution in [2.75, 3.05) is 13.7 Å². The van der Waals surface area contributed by atoms with E-state index in [0.717, 1.165) is 5.56 Å². The third-order valence-corrected chi connectivity index (χ3v) is 4.46. The quantitative estimate of drug-likeness (QED) is 0.759. The van der Waals surface area contributed by atoms with Gasteiger partial charge in [0.15, 0.2) is 11.5 Å². The number of ether oxygens (including phenoxy) is 2. The lowest BCUT2D eigenvalue weighted by Gasteiger charge is -2.29. The third-order valence-electron chi connectivity index (χ3n) is 4.46. The first kappa shape index (κ1) is 17.8. The highest BCUT2D eigenvalue weighted by Gasteiger charge is 2.33. The number of carboxylic acids is 1. The minimum Gasteiger partial charge on any atom is -0.550 e. The molecule has 136 valence electrons. The Bertz CT molecular complexity index is 833. The summed E-state index contributed by atoms with van der Waals surface area (Å²) in [5.74, 6) is -0.329. The fourth-order valence-electron chi connectivity index (χ4n) is 3.26. The fraction of sp³-hybridized carbons (Fsp3) is 0.300. The Morgan fingerprint density at radius 3 is 2.65 bits per heavy atom. The molecule has 0 N–H and O–H groups in total. The van der Waals surface area contributed by atoms with Gasteiger partial charge in [-0.05, 0) is 36.2 Å². The van der Waals surface area contributed by atoms with E-state index in [1.807, 2.05) is 19.1 Å². The van der Waals surface area contributed by atoms with E-state index in [2.05, 4.69) is 0 Å². The van der Waals surface area contributed by atoms with Gasteiger partial charge in [0.05, 0.1) is 19.8 Å². The summed E-state index contributed by atoms with van der Waals surface area (Å²) in [5.41, 5.74) is 2.16. The molecule has 0 aliphatic carbocycles. The number of carbonyl (C=O) groups is 2. The van der Waals surface area contributed by atoms with Crippen molar-refractivity contribution in [3.8, 4) is 11.5 Å². The molecule has 0 radical (unpaired) electrons. The minimum absolute atomic E-state index is 0.181. The Kier molecular flexibility index (Phi) is 5.11. The molecule has 0 saturated carbocycles. The number of aliphatic carboxylic acids is 1. The van der Waals surface area contributed by atoms with Crippen LogP contribution in [0.25, 0.3) is 0 Å². The molecule has 1 atom stereocenters. The molecule has 26 heavy (non-hydrogen) atoms. The van der Waals surface area contributed by atoms with Gasteiger partial charge in [-0.25, -0.2) is 0 Å². The second-order valence-electron chi connectivity index (χ2n) is 6.03. The van der Waals surface area contributed by atoms with Crippen LogP contribution >= 0.6 is 0 Å². The number of carbonyl (C=O) groups excluding carboxylic acids is 2. The summed E-state index contributed by atoms with van der Waals surface area (Å²) in [5, 5.41) is 11.3. The zero-order chi connectivity index (χ0) is 18.7. The van der Waals surface area contributed by atoms with E-state index in [1.165, 1.54) is 7.11 Å². The van der Waals surface area contributed by atoms with Gasteiger partial charge in [0.25, 0.3) is 5.91 Å². The van der Waals surface area contributed by atoms with Crippen LogP contribution in [-0.2, 0) is 11.3 Å². The van der Waals surface area contributed by atoms with Crippen molar-refractivity contribution < 1.29 is 24.2 Å². The van der Waals surface area contributed by atoms with Crippen LogP contribution in [0.3, 0.4) is 0 Å². The molecule has 1 aliphatic heterocycles. The molecular weight excluding hydrogens is 334 g/mol. The lowest BCUT2D eigenvalue weighted by Crippen LogP contribution is -2.34. The molecule has 0 spiro atoms. The molecule has 1 unspecified atom stereocenters. The molecule has 2 aromatic rings. The summed E-state index contributed by atoms with van der Waals surface area (Å²) in [6, 6.07) is 11.9. The van der Waals surface area contributed by atoms with Crippen molar-refractivity contribution in [1.82, 2.24) is 4.90 Å².